The third-order valence-corrected chi connectivity index (χ3v) is 1.72. The summed E-state index contributed by atoms with van der Waals surface area (Å²) in [6, 6.07) is 4.10. The largest absolute Gasteiger partial charge is 0.457 e. The molecule has 0 bridgehead atoms. The van der Waals surface area contributed by atoms with Crippen molar-refractivity contribution in [3.63, 3.8) is 0 Å². The summed E-state index contributed by atoms with van der Waals surface area (Å²) in [4.78, 5) is 13.3. The van der Waals surface area contributed by atoms with E-state index in [0.717, 1.165) is 0 Å². The second kappa shape index (κ2) is 2.14. The minimum Gasteiger partial charge on any atom is -0.457 e. The Hall–Kier alpha value is -1.71. The zero-order valence-corrected chi connectivity index (χ0v) is 5.97. The predicted molar refractivity (Wildman–Crippen MR) is 39.0 cm³/mol. The number of Topliss-reactive ketones (excluding diaryl/α,β-unsaturated/α-hetero) is 1. The third kappa shape index (κ3) is 0.747. The van der Waals surface area contributed by atoms with Crippen LogP contribution in [0.15, 0.2) is 18.2 Å². The molecule has 0 aliphatic carbocycles. The number of ketones is 1. The molecular weight excluding hydrogens is 161 g/mol. The molecule has 1 aromatic carbocycles. The summed E-state index contributed by atoms with van der Waals surface area (Å²) < 4.78 is 12.9. The molecule has 2 N–H and O–H groups in total. The highest BCUT2D eigenvalue weighted by atomic mass is 19.1. The molecule has 0 spiro atoms. The van der Waals surface area contributed by atoms with Gasteiger partial charge in [0.15, 0.2) is 5.82 Å². The standard InChI is InChI=1S/C8H4FNO2/c9-5-3-1-2-4-6(5)10-8(12)7(4)11/h1-3H,(H,10,11,12)/p+1. The van der Waals surface area contributed by atoms with Crippen molar-refractivity contribution >= 4 is 17.4 Å². The Balaban J connectivity index is 2.72. The average molecular weight is 166 g/mol. The molecular formula is C8H5FNO2+. The molecule has 1 aliphatic rings. The molecule has 2 rings (SSSR count). The number of fused-ring (bicyclic) bond motifs is 1. The van der Waals surface area contributed by atoms with Gasteiger partial charge < -0.3 is 5.11 Å². The Morgan fingerprint density at radius 1 is 1.42 bits per heavy atom. The molecule has 0 atom stereocenters. The van der Waals surface area contributed by atoms with Crippen LogP contribution in [0.4, 0.5) is 10.1 Å². The van der Waals surface area contributed by atoms with E-state index in [2.05, 4.69) is 4.99 Å². The van der Waals surface area contributed by atoms with Crippen LogP contribution in [-0.2, 0) is 0 Å². The van der Waals surface area contributed by atoms with Crippen molar-refractivity contribution in [3.05, 3.63) is 29.6 Å². The average Bonchev–Trinajstić information content (AvgIpc) is 2.32. The van der Waals surface area contributed by atoms with Gasteiger partial charge in [0.1, 0.15) is 5.56 Å². The van der Waals surface area contributed by atoms with Crippen LogP contribution < -0.4 is 4.99 Å². The van der Waals surface area contributed by atoms with Crippen molar-refractivity contribution in [3.8, 4) is 0 Å². The molecule has 4 heteroatoms. The molecule has 0 fully saturated rings. The van der Waals surface area contributed by atoms with Crippen LogP contribution in [0.5, 0.6) is 0 Å². The number of hydrogen-bond donors (Lipinski definition) is 2. The molecule has 0 radical (unpaired) electrons. The number of carbonyl (C=O) groups is 1. The second-order valence-corrected chi connectivity index (χ2v) is 2.47. The van der Waals surface area contributed by atoms with E-state index in [9.17, 15) is 9.18 Å². The molecule has 0 saturated carbocycles. The molecule has 3 nitrogen and oxygen atoms in total. The Labute approximate surface area is 67.2 Å². The van der Waals surface area contributed by atoms with Gasteiger partial charge in [-0.2, -0.15) is 9.38 Å². The summed E-state index contributed by atoms with van der Waals surface area (Å²) in [6.07, 6.45) is 0. The normalized spacial score (nSPS) is 14.4. The van der Waals surface area contributed by atoms with Gasteiger partial charge >= 0.3 is 11.7 Å². The highest BCUT2D eigenvalue weighted by Gasteiger charge is 2.33. The molecule has 0 amide bonds. The lowest BCUT2D eigenvalue weighted by atomic mass is 10.1. The van der Waals surface area contributed by atoms with Crippen molar-refractivity contribution in [1.82, 2.24) is 0 Å². The molecule has 0 aromatic heterocycles. The van der Waals surface area contributed by atoms with E-state index in [4.69, 9.17) is 5.11 Å². The van der Waals surface area contributed by atoms with Crippen LogP contribution >= 0.6 is 0 Å². The molecule has 0 unspecified atom stereocenters. The summed E-state index contributed by atoms with van der Waals surface area (Å²) in [5, 5.41) is 8.93. The van der Waals surface area contributed by atoms with Crippen molar-refractivity contribution in [2.75, 3.05) is 0 Å². The number of halogens is 1. The Morgan fingerprint density at radius 2 is 2.17 bits per heavy atom. The van der Waals surface area contributed by atoms with Crippen molar-refractivity contribution in [2.45, 2.75) is 0 Å². The number of nitrogens with one attached hydrogen (secondary N) is 1. The Bertz CT molecular complexity index is 398. The SMILES string of the molecule is O=C1C(O)=[NH+]c2c(F)cccc21. The fourth-order valence-electron chi connectivity index (χ4n) is 1.14. The lowest BCUT2D eigenvalue weighted by Crippen LogP contribution is -2.65. The number of aliphatic hydroxyl groups is 1. The first-order valence-electron chi connectivity index (χ1n) is 3.36. The van der Waals surface area contributed by atoms with Crippen LogP contribution in [0, 0.1) is 5.82 Å². The predicted octanol–water partition coefficient (Wildman–Crippen LogP) is -0.309. The van der Waals surface area contributed by atoms with Gasteiger partial charge in [-0.1, -0.05) is 6.07 Å². The third-order valence-electron chi connectivity index (χ3n) is 1.72. The van der Waals surface area contributed by atoms with Gasteiger partial charge in [-0.05, 0) is 12.1 Å². The lowest BCUT2D eigenvalue weighted by molar-refractivity contribution is -0.362. The smallest absolute Gasteiger partial charge is 0.414 e. The van der Waals surface area contributed by atoms with Gasteiger partial charge in [-0.15, -0.1) is 0 Å². The Morgan fingerprint density at radius 3 is 2.83 bits per heavy atom. The van der Waals surface area contributed by atoms with Gasteiger partial charge in [0.05, 0.1) is 0 Å². The van der Waals surface area contributed by atoms with Gasteiger partial charge in [0.25, 0.3) is 5.69 Å². The van der Waals surface area contributed by atoms with Gasteiger partial charge in [-0.25, -0.2) is 0 Å². The number of rotatable bonds is 0. The Kier molecular flexibility index (Phi) is 1.24. The number of carbonyl (C=O) groups excluding carboxylic acids is 1. The van der Waals surface area contributed by atoms with Crippen LogP contribution in [0.2, 0.25) is 0 Å². The van der Waals surface area contributed by atoms with Gasteiger partial charge in [0.2, 0.25) is 0 Å². The zero-order valence-electron chi connectivity index (χ0n) is 5.97. The van der Waals surface area contributed by atoms with Gasteiger partial charge in [-0.3, -0.25) is 4.79 Å². The van der Waals surface area contributed by atoms with Crippen LogP contribution in [-0.4, -0.2) is 16.8 Å². The highest BCUT2D eigenvalue weighted by Crippen LogP contribution is 2.17. The first-order valence-corrected chi connectivity index (χ1v) is 3.36. The summed E-state index contributed by atoms with van der Waals surface area (Å²) in [5.41, 5.74) is 0.229. The fraction of sp³-hybridized carbons (Fsp3) is 0. The topological polar surface area (TPSA) is 51.3 Å². The van der Waals surface area contributed by atoms with E-state index in [-0.39, 0.29) is 11.3 Å². The molecule has 12 heavy (non-hydrogen) atoms. The van der Waals surface area contributed by atoms with Crippen molar-refractivity contribution in [1.29, 1.82) is 0 Å². The minimum absolute atomic E-state index is 0.0556. The van der Waals surface area contributed by atoms with E-state index >= 15 is 0 Å². The number of benzene rings is 1. The number of aliphatic hydroxyl groups excluding tert-OH is 1. The maximum Gasteiger partial charge on any atom is 0.414 e. The first-order chi connectivity index (χ1) is 5.70. The van der Waals surface area contributed by atoms with Crippen molar-refractivity contribution < 1.29 is 19.3 Å². The lowest BCUT2D eigenvalue weighted by Gasteiger charge is -1.88. The maximum absolute atomic E-state index is 12.9. The fourth-order valence-corrected chi connectivity index (χ4v) is 1.14. The summed E-state index contributed by atoms with van der Waals surface area (Å²) in [6.45, 7) is 0. The van der Waals surface area contributed by atoms with E-state index in [1.165, 1.54) is 18.2 Å². The van der Waals surface area contributed by atoms with Crippen LogP contribution in [0.3, 0.4) is 0 Å². The highest BCUT2D eigenvalue weighted by molar-refractivity contribution is 6.42. The van der Waals surface area contributed by atoms with Gasteiger partial charge in [0, 0.05) is 0 Å². The zero-order chi connectivity index (χ0) is 8.72. The van der Waals surface area contributed by atoms with Crippen molar-refractivity contribution in [2.24, 2.45) is 0 Å². The summed E-state index contributed by atoms with van der Waals surface area (Å²) >= 11 is 0. The molecule has 60 valence electrons. The monoisotopic (exact) mass is 166 g/mol. The minimum atomic E-state index is -0.565. The number of hydrogen-bond acceptors (Lipinski definition) is 1. The van der Waals surface area contributed by atoms with E-state index in [0.29, 0.717) is 0 Å². The molecule has 1 aromatic rings. The molecule has 0 saturated heterocycles. The van der Waals surface area contributed by atoms with E-state index < -0.39 is 17.5 Å². The molecule has 1 aliphatic heterocycles. The van der Waals surface area contributed by atoms with E-state index in [1.807, 2.05) is 0 Å². The van der Waals surface area contributed by atoms with Crippen LogP contribution in [0.1, 0.15) is 10.4 Å². The number of para-hydroxylation sites is 1. The quantitative estimate of drug-likeness (QED) is 0.555. The summed E-state index contributed by atoms with van der Waals surface area (Å²) in [5.74, 6) is -1.62. The van der Waals surface area contributed by atoms with E-state index in [1.54, 1.807) is 0 Å². The van der Waals surface area contributed by atoms with Crippen LogP contribution in [0.25, 0.3) is 0 Å². The first kappa shape index (κ1) is 6.97. The second-order valence-electron chi connectivity index (χ2n) is 2.47. The maximum atomic E-state index is 12.9. The molecule has 1 heterocycles. The summed E-state index contributed by atoms with van der Waals surface area (Å²) in [7, 11) is 0.